The van der Waals surface area contributed by atoms with E-state index in [9.17, 15) is 5.11 Å². The molecule has 0 bridgehead atoms. The minimum atomic E-state index is -0.542. The zero-order valence-electron chi connectivity index (χ0n) is 14.4. The standard InChI is InChI=1S/C20H21O4.Na/c21-13-19-20(24-15-17-9-5-2-6-10-17)18(11-12-22-19)23-14-16-7-3-1-4-8-16;/h1-12,18-20H,13-15H2;/q-1;+1/t18-,19-,20+;/m1./s1. The molecule has 0 aliphatic carbocycles. The summed E-state index contributed by atoms with van der Waals surface area (Å²) in [7, 11) is 0. The molecule has 0 amide bonds. The number of hydrogen-bond donors (Lipinski definition) is 0. The van der Waals surface area contributed by atoms with Crippen LogP contribution < -0.4 is 34.7 Å². The summed E-state index contributed by atoms with van der Waals surface area (Å²) in [5.41, 5.74) is 2.14. The van der Waals surface area contributed by atoms with Crippen molar-refractivity contribution in [3.05, 3.63) is 84.1 Å². The molecule has 1 heterocycles. The average Bonchev–Trinajstić information content (AvgIpc) is 2.66. The smallest absolute Gasteiger partial charge is 0.852 e. The first-order chi connectivity index (χ1) is 11.9. The Hall–Kier alpha value is -1.14. The summed E-state index contributed by atoms with van der Waals surface area (Å²) >= 11 is 0. The first-order valence-electron chi connectivity index (χ1n) is 8.08. The molecular formula is C20H21NaO4. The van der Waals surface area contributed by atoms with E-state index in [4.69, 9.17) is 14.2 Å². The zero-order valence-corrected chi connectivity index (χ0v) is 16.4. The fourth-order valence-electron chi connectivity index (χ4n) is 2.64. The molecule has 4 nitrogen and oxygen atoms in total. The third-order valence-electron chi connectivity index (χ3n) is 3.95. The van der Waals surface area contributed by atoms with Gasteiger partial charge in [0.05, 0.1) is 19.5 Å². The van der Waals surface area contributed by atoms with Crippen molar-refractivity contribution in [3.8, 4) is 0 Å². The molecule has 0 saturated carbocycles. The first kappa shape index (κ1) is 20.2. The summed E-state index contributed by atoms with van der Waals surface area (Å²) < 4.78 is 17.4. The summed E-state index contributed by atoms with van der Waals surface area (Å²) in [4.78, 5) is 0. The van der Waals surface area contributed by atoms with Crippen LogP contribution in [0.1, 0.15) is 11.1 Å². The van der Waals surface area contributed by atoms with E-state index >= 15 is 0 Å². The number of hydrogen-bond acceptors (Lipinski definition) is 4. The number of ether oxygens (including phenoxy) is 3. The largest absolute Gasteiger partial charge is 1.00 e. The van der Waals surface area contributed by atoms with Crippen molar-refractivity contribution in [2.24, 2.45) is 0 Å². The molecule has 25 heavy (non-hydrogen) atoms. The Bertz CT molecular complexity index is 633. The van der Waals surface area contributed by atoms with Gasteiger partial charge in [-0.25, -0.2) is 0 Å². The van der Waals surface area contributed by atoms with Crippen molar-refractivity contribution < 1.29 is 48.9 Å². The molecule has 126 valence electrons. The summed E-state index contributed by atoms with van der Waals surface area (Å²) in [6.07, 6.45) is 2.09. The number of benzene rings is 2. The van der Waals surface area contributed by atoms with Crippen LogP contribution in [0, 0.1) is 0 Å². The van der Waals surface area contributed by atoms with Gasteiger partial charge in [-0.05, 0) is 17.2 Å². The average molecular weight is 348 g/mol. The molecule has 0 unspecified atom stereocenters. The van der Waals surface area contributed by atoms with Gasteiger partial charge < -0.3 is 19.3 Å². The Morgan fingerprint density at radius 3 is 1.96 bits per heavy atom. The Kier molecular flexibility index (Phi) is 8.68. The van der Waals surface area contributed by atoms with Gasteiger partial charge in [0.25, 0.3) is 0 Å². The fourth-order valence-corrected chi connectivity index (χ4v) is 2.64. The zero-order chi connectivity index (χ0) is 16.6. The van der Waals surface area contributed by atoms with E-state index in [1.54, 1.807) is 6.26 Å². The normalized spacial score (nSPS) is 22.0. The van der Waals surface area contributed by atoms with Crippen LogP contribution in [0.5, 0.6) is 0 Å². The predicted octanol–water partition coefficient (Wildman–Crippen LogP) is -0.566. The second kappa shape index (κ2) is 10.8. The van der Waals surface area contributed by atoms with Gasteiger partial charge in [0.15, 0.2) is 0 Å². The van der Waals surface area contributed by atoms with Gasteiger partial charge in [0.2, 0.25) is 0 Å². The molecule has 0 aromatic heterocycles. The van der Waals surface area contributed by atoms with Gasteiger partial charge in [0, 0.05) is 0 Å². The van der Waals surface area contributed by atoms with Crippen molar-refractivity contribution in [2.45, 2.75) is 31.5 Å². The quantitative estimate of drug-likeness (QED) is 0.629. The van der Waals surface area contributed by atoms with E-state index in [1.807, 2.05) is 66.7 Å². The molecule has 3 rings (SSSR count). The van der Waals surface area contributed by atoms with Crippen molar-refractivity contribution in [3.63, 3.8) is 0 Å². The summed E-state index contributed by atoms with van der Waals surface area (Å²) in [5.74, 6) is 0. The van der Waals surface area contributed by atoms with Crippen LogP contribution in [0.25, 0.3) is 0 Å². The molecular weight excluding hydrogens is 327 g/mol. The minimum Gasteiger partial charge on any atom is -0.852 e. The maximum atomic E-state index is 11.4. The van der Waals surface area contributed by atoms with Crippen molar-refractivity contribution in [1.29, 1.82) is 0 Å². The molecule has 2 aromatic rings. The van der Waals surface area contributed by atoms with E-state index in [2.05, 4.69) is 0 Å². The third-order valence-corrected chi connectivity index (χ3v) is 3.95. The fraction of sp³-hybridized carbons (Fsp3) is 0.300. The molecule has 0 radical (unpaired) electrons. The molecule has 1 aliphatic heterocycles. The molecule has 0 saturated heterocycles. The maximum Gasteiger partial charge on any atom is 1.00 e. The molecule has 0 spiro atoms. The topological polar surface area (TPSA) is 50.8 Å². The van der Waals surface area contributed by atoms with Gasteiger partial charge >= 0.3 is 29.6 Å². The van der Waals surface area contributed by atoms with Gasteiger partial charge in [-0.3, -0.25) is 0 Å². The van der Waals surface area contributed by atoms with Gasteiger partial charge in [-0.2, -0.15) is 0 Å². The van der Waals surface area contributed by atoms with Crippen LogP contribution in [0.3, 0.4) is 0 Å². The van der Waals surface area contributed by atoms with Crippen LogP contribution in [-0.4, -0.2) is 24.9 Å². The van der Waals surface area contributed by atoms with Crippen LogP contribution in [-0.2, 0) is 27.4 Å². The monoisotopic (exact) mass is 348 g/mol. The first-order valence-corrected chi connectivity index (χ1v) is 8.08. The van der Waals surface area contributed by atoms with Crippen LogP contribution >= 0.6 is 0 Å². The van der Waals surface area contributed by atoms with Crippen molar-refractivity contribution in [1.82, 2.24) is 0 Å². The molecule has 0 fully saturated rings. The van der Waals surface area contributed by atoms with E-state index in [1.165, 1.54) is 0 Å². The van der Waals surface area contributed by atoms with E-state index < -0.39 is 12.2 Å². The van der Waals surface area contributed by atoms with Crippen LogP contribution in [0.2, 0.25) is 0 Å². The van der Waals surface area contributed by atoms with E-state index in [0.717, 1.165) is 11.1 Å². The summed E-state index contributed by atoms with van der Waals surface area (Å²) in [5, 5.41) is 11.4. The van der Waals surface area contributed by atoms with Crippen LogP contribution in [0.4, 0.5) is 0 Å². The molecule has 3 atom stereocenters. The van der Waals surface area contributed by atoms with E-state index in [0.29, 0.717) is 13.2 Å². The second-order valence-corrected chi connectivity index (χ2v) is 5.69. The summed E-state index contributed by atoms with van der Waals surface area (Å²) in [6.45, 7) is 0.520. The van der Waals surface area contributed by atoms with Crippen LogP contribution in [0.15, 0.2) is 73.0 Å². The molecule has 1 aliphatic rings. The second-order valence-electron chi connectivity index (χ2n) is 5.69. The molecule has 5 heteroatoms. The Balaban J connectivity index is 0.00000225. The van der Waals surface area contributed by atoms with E-state index in [-0.39, 0.29) is 42.3 Å². The molecule has 2 aromatic carbocycles. The summed E-state index contributed by atoms with van der Waals surface area (Å²) in [6, 6.07) is 19.8. The minimum absolute atomic E-state index is 0. The van der Waals surface area contributed by atoms with Gasteiger partial charge in [-0.15, -0.1) is 0 Å². The number of rotatable bonds is 7. The third kappa shape index (κ3) is 5.96. The Labute approximate surface area is 170 Å². The Morgan fingerprint density at radius 2 is 1.40 bits per heavy atom. The Morgan fingerprint density at radius 1 is 0.840 bits per heavy atom. The SMILES string of the molecule is [Na+].[O-]C[C@H]1OC=C[C@@H](OCc2ccccc2)[C@@H]1OCc1ccccc1. The predicted molar refractivity (Wildman–Crippen MR) is 88.9 cm³/mol. The van der Waals surface area contributed by atoms with Crippen molar-refractivity contribution in [2.75, 3.05) is 6.61 Å². The maximum absolute atomic E-state index is 11.4. The van der Waals surface area contributed by atoms with Gasteiger partial charge in [0.1, 0.15) is 18.3 Å². The van der Waals surface area contributed by atoms with Crippen molar-refractivity contribution >= 4 is 0 Å². The van der Waals surface area contributed by atoms with Gasteiger partial charge in [-0.1, -0.05) is 67.3 Å². The molecule has 0 N–H and O–H groups in total.